The molecule has 0 saturated carbocycles. The zero-order chi connectivity index (χ0) is 24.8. The number of carbonyl (C=O) groups is 5. The summed E-state index contributed by atoms with van der Waals surface area (Å²) in [5.41, 5.74) is 0.0752. The van der Waals surface area contributed by atoms with Crippen LogP contribution < -0.4 is 16.0 Å². The van der Waals surface area contributed by atoms with E-state index in [1.807, 2.05) is 5.32 Å². The van der Waals surface area contributed by atoms with E-state index in [-0.39, 0.29) is 24.6 Å². The zero-order valence-corrected chi connectivity index (χ0v) is 17.3. The average Bonchev–Trinajstić information content (AvgIpc) is 3.14. The Bertz CT molecular complexity index is 1140. The van der Waals surface area contributed by atoms with Crippen LogP contribution in [-0.4, -0.2) is 54.3 Å². The second kappa shape index (κ2) is 10.5. The fourth-order valence-electron chi connectivity index (χ4n) is 2.81. The van der Waals surface area contributed by atoms with E-state index < -0.39 is 60.1 Å². The van der Waals surface area contributed by atoms with Gasteiger partial charge in [-0.15, -0.1) is 0 Å². The number of imide groups is 1. The van der Waals surface area contributed by atoms with Gasteiger partial charge in [-0.25, -0.2) is 22.8 Å². The minimum atomic E-state index is -1.75. The van der Waals surface area contributed by atoms with Gasteiger partial charge >= 0.3 is 12.0 Å². The molecular weight excluding hydrogens is 461 g/mol. The Morgan fingerprint density at radius 1 is 0.971 bits per heavy atom. The lowest BCUT2D eigenvalue weighted by Crippen LogP contribution is -2.35. The molecule has 1 heterocycles. The SMILES string of the molecule is O=C(COC(=O)c1ccc(CN2C(=O)CNC2=O)cc1)NCC(=O)Nc1ccc(F)c(F)c1F. The van der Waals surface area contributed by atoms with Crippen LogP contribution in [0.5, 0.6) is 0 Å². The van der Waals surface area contributed by atoms with Crippen molar-refractivity contribution in [2.24, 2.45) is 0 Å². The third kappa shape index (κ3) is 5.88. The number of amides is 5. The number of halogens is 3. The first-order valence-electron chi connectivity index (χ1n) is 9.70. The van der Waals surface area contributed by atoms with Crippen LogP contribution in [-0.2, 0) is 25.7 Å². The van der Waals surface area contributed by atoms with Crippen LogP contribution in [0.4, 0.5) is 23.7 Å². The Morgan fingerprint density at radius 3 is 2.32 bits per heavy atom. The Balaban J connectivity index is 1.42. The number of benzene rings is 2. The maximum Gasteiger partial charge on any atom is 0.338 e. The first kappa shape index (κ1) is 24.2. The van der Waals surface area contributed by atoms with E-state index in [1.54, 1.807) is 0 Å². The predicted molar refractivity (Wildman–Crippen MR) is 109 cm³/mol. The molecule has 3 rings (SSSR count). The van der Waals surface area contributed by atoms with Crippen LogP contribution in [0.3, 0.4) is 0 Å². The van der Waals surface area contributed by atoms with E-state index in [4.69, 9.17) is 4.74 Å². The van der Waals surface area contributed by atoms with Crippen molar-refractivity contribution in [3.63, 3.8) is 0 Å². The number of hydrogen-bond acceptors (Lipinski definition) is 6. The number of nitrogens with one attached hydrogen (secondary N) is 3. The number of ether oxygens (including phenoxy) is 1. The molecule has 1 fully saturated rings. The van der Waals surface area contributed by atoms with Crippen LogP contribution in [0.1, 0.15) is 15.9 Å². The molecule has 5 amide bonds. The Morgan fingerprint density at radius 2 is 1.68 bits per heavy atom. The van der Waals surface area contributed by atoms with Gasteiger partial charge in [-0.1, -0.05) is 12.1 Å². The maximum absolute atomic E-state index is 13.5. The van der Waals surface area contributed by atoms with Gasteiger partial charge in [0.2, 0.25) is 11.8 Å². The van der Waals surface area contributed by atoms with Gasteiger partial charge in [-0.3, -0.25) is 19.3 Å². The van der Waals surface area contributed by atoms with Crippen LogP contribution in [0, 0.1) is 17.5 Å². The summed E-state index contributed by atoms with van der Waals surface area (Å²) in [5, 5.41) is 6.47. The van der Waals surface area contributed by atoms with Gasteiger partial charge in [0.05, 0.1) is 30.9 Å². The topological polar surface area (TPSA) is 134 Å². The molecule has 0 radical (unpaired) electrons. The van der Waals surface area contributed by atoms with Crippen LogP contribution >= 0.6 is 0 Å². The smallest absolute Gasteiger partial charge is 0.338 e. The molecule has 2 aromatic rings. The highest BCUT2D eigenvalue weighted by atomic mass is 19.2. The zero-order valence-electron chi connectivity index (χ0n) is 17.3. The summed E-state index contributed by atoms with van der Waals surface area (Å²) in [6.45, 7) is -1.42. The number of esters is 1. The molecule has 0 aliphatic carbocycles. The average molecular weight is 478 g/mol. The molecule has 178 valence electrons. The van der Waals surface area contributed by atoms with E-state index in [0.717, 1.165) is 11.0 Å². The summed E-state index contributed by atoms with van der Waals surface area (Å²) in [6, 6.07) is 6.73. The number of carbonyl (C=O) groups excluding carboxylic acids is 5. The van der Waals surface area contributed by atoms with Crippen molar-refractivity contribution in [3.05, 3.63) is 65.0 Å². The number of rotatable bonds is 8. The van der Waals surface area contributed by atoms with Gasteiger partial charge < -0.3 is 20.7 Å². The molecule has 0 atom stereocenters. The molecular formula is C21H17F3N4O6. The van der Waals surface area contributed by atoms with E-state index in [0.29, 0.717) is 11.6 Å². The second-order valence-electron chi connectivity index (χ2n) is 6.96. The fraction of sp³-hybridized carbons (Fsp3) is 0.190. The predicted octanol–water partition coefficient (Wildman–Crippen LogP) is 1.07. The van der Waals surface area contributed by atoms with Crippen molar-refractivity contribution in [2.75, 3.05) is 25.0 Å². The van der Waals surface area contributed by atoms with E-state index in [2.05, 4.69) is 10.6 Å². The van der Waals surface area contributed by atoms with E-state index in [9.17, 15) is 37.1 Å². The Labute approximate surface area is 190 Å². The number of anilines is 1. The van der Waals surface area contributed by atoms with Crippen LogP contribution in [0.2, 0.25) is 0 Å². The Hall–Kier alpha value is -4.42. The summed E-state index contributed by atoms with van der Waals surface area (Å²) in [6.07, 6.45) is 0. The van der Waals surface area contributed by atoms with Crippen LogP contribution in [0.25, 0.3) is 0 Å². The van der Waals surface area contributed by atoms with Gasteiger partial charge in [0.1, 0.15) is 0 Å². The Kier molecular flexibility index (Phi) is 7.46. The van der Waals surface area contributed by atoms with Gasteiger partial charge in [0.15, 0.2) is 24.1 Å². The van der Waals surface area contributed by atoms with E-state index >= 15 is 0 Å². The molecule has 2 aromatic carbocycles. The molecule has 0 unspecified atom stereocenters. The van der Waals surface area contributed by atoms with Crippen molar-refractivity contribution < 1.29 is 41.9 Å². The minimum Gasteiger partial charge on any atom is -0.452 e. The molecule has 1 saturated heterocycles. The van der Waals surface area contributed by atoms with Crippen molar-refractivity contribution in [3.8, 4) is 0 Å². The molecule has 1 aliphatic heterocycles. The molecule has 1 aliphatic rings. The van der Waals surface area contributed by atoms with Crippen LogP contribution in [0.15, 0.2) is 36.4 Å². The van der Waals surface area contributed by atoms with Crippen molar-refractivity contribution in [2.45, 2.75) is 6.54 Å². The van der Waals surface area contributed by atoms with E-state index in [1.165, 1.54) is 24.3 Å². The second-order valence-corrected chi connectivity index (χ2v) is 6.96. The van der Waals surface area contributed by atoms with Crippen molar-refractivity contribution in [1.82, 2.24) is 15.5 Å². The lowest BCUT2D eigenvalue weighted by molar-refractivity contribution is -0.126. The molecule has 0 aromatic heterocycles. The molecule has 0 spiro atoms. The van der Waals surface area contributed by atoms with Gasteiger partial charge in [-0.2, -0.15) is 0 Å². The molecule has 3 N–H and O–H groups in total. The fourth-order valence-corrected chi connectivity index (χ4v) is 2.81. The third-order valence-electron chi connectivity index (χ3n) is 4.56. The molecule has 0 bridgehead atoms. The summed E-state index contributed by atoms with van der Waals surface area (Å²) in [5.74, 6) is -7.75. The monoisotopic (exact) mass is 478 g/mol. The largest absolute Gasteiger partial charge is 0.452 e. The summed E-state index contributed by atoms with van der Waals surface area (Å²) >= 11 is 0. The lowest BCUT2D eigenvalue weighted by Gasteiger charge is -2.12. The van der Waals surface area contributed by atoms with Crippen molar-refractivity contribution in [1.29, 1.82) is 0 Å². The third-order valence-corrected chi connectivity index (χ3v) is 4.56. The number of nitrogens with zero attached hydrogens (tertiary/aromatic N) is 1. The maximum atomic E-state index is 13.5. The minimum absolute atomic E-state index is 0.0267. The molecule has 34 heavy (non-hydrogen) atoms. The highest BCUT2D eigenvalue weighted by Crippen LogP contribution is 2.19. The van der Waals surface area contributed by atoms with Gasteiger partial charge in [0, 0.05) is 0 Å². The number of urea groups is 1. The standard InChI is InChI=1S/C21H17F3N4O6/c22-13-5-6-14(19(24)18(13)23)27-15(29)7-25-16(30)10-34-20(32)12-3-1-11(2-4-12)9-28-17(31)8-26-21(28)33/h1-6H,7-10H2,(H,25,30)(H,26,33)(H,27,29). The first-order valence-corrected chi connectivity index (χ1v) is 9.70. The quantitative estimate of drug-likeness (QED) is 0.295. The molecule has 10 nitrogen and oxygen atoms in total. The summed E-state index contributed by atoms with van der Waals surface area (Å²) in [4.78, 5) is 59.8. The van der Waals surface area contributed by atoms with Crippen molar-refractivity contribution >= 4 is 35.4 Å². The summed E-state index contributed by atoms with van der Waals surface area (Å²) < 4.78 is 44.4. The lowest BCUT2D eigenvalue weighted by atomic mass is 10.1. The first-order chi connectivity index (χ1) is 16.2. The number of hydrogen-bond donors (Lipinski definition) is 3. The van der Waals surface area contributed by atoms with Gasteiger partial charge in [-0.05, 0) is 29.8 Å². The normalized spacial score (nSPS) is 12.9. The highest BCUT2D eigenvalue weighted by Gasteiger charge is 2.28. The summed E-state index contributed by atoms with van der Waals surface area (Å²) in [7, 11) is 0. The molecule has 13 heteroatoms. The van der Waals surface area contributed by atoms with Gasteiger partial charge in [0.25, 0.3) is 5.91 Å². The highest BCUT2D eigenvalue weighted by molar-refractivity contribution is 6.02.